The van der Waals surface area contributed by atoms with Crippen LogP contribution in [0.3, 0.4) is 0 Å². The van der Waals surface area contributed by atoms with E-state index < -0.39 is 0 Å². The highest BCUT2D eigenvalue weighted by molar-refractivity contribution is 4.90. The highest BCUT2D eigenvalue weighted by Gasteiger charge is 2.36. The Morgan fingerprint density at radius 3 is 2.56 bits per heavy atom. The molecule has 3 rings (SSSR count). The van der Waals surface area contributed by atoms with Crippen molar-refractivity contribution < 1.29 is 4.74 Å². The van der Waals surface area contributed by atoms with Crippen molar-refractivity contribution in [3.05, 3.63) is 0 Å². The van der Waals surface area contributed by atoms with Gasteiger partial charge >= 0.3 is 0 Å². The number of ether oxygens (including phenoxy) is 1. The summed E-state index contributed by atoms with van der Waals surface area (Å²) in [5.41, 5.74) is 0.0879. The molecule has 0 N–H and O–H groups in total. The normalized spacial score (nSPS) is 38.3. The SMILES string of the molecule is CC1(C)CC(N2CCCN3CCCC3C2)CCO1. The Hall–Kier alpha value is -0.120. The first-order chi connectivity index (χ1) is 8.64. The summed E-state index contributed by atoms with van der Waals surface area (Å²) in [5.74, 6) is 0. The number of hydrogen-bond donors (Lipinski definition) is 0. The third-order valence-electron chi connectivity index (χ3n) is 5.02. The minimum absolute atomic E-state index is 0.0879. The summed E-state index contributed by atoms with van der Waals surface area (Å²) < 4.78 is 5.87. The van der Waals surface area contributed by atoms with Crippen LogP contribution >= 0.6 is 0 Å². The van der Waals surface area contributed by atoms with E-state index in [9.17, 15) is 0 Å². The molecule has 3 fully saturated rings. The second-order valence-electron chi connectivity index (χ2n) is 6.94. The number of nitrogens with zero attached hydrogens (tertiary/aromatic N) is 2. The fraction of sp³-hybridized carbons (Fsp3) is 1.00. The van der Waals surface area contributed by atoms with E-state index in [1.165, 1.54) is 58.3 Å². The molecule has 0 aromatic rings. The standard InChI is InChI=1S/C15H28N2O/c1-15(2)11-13(6-10-18-15)17-9-4-8-16-7-3-5-14(16)12-17/h13-14H,3-12H2,1-2H3. The van der Waals surface area contributed by atoms with Gasteiger partial charge in [0.05, 0.1) is 5.60 Å². The van der Waals surface area contributed by atoms with Gasteiger partial charge in [0.2, 0.25) is 0 Å². The Labute approximate surface area is 111 Å². The van der Waals surface area contributed by atoms with Crippen molar-refractivity contribution in [2.45, 2.75) is 63.6 Å². The van der Waals surface area contributed by atoms with E-state index in [0.717, 1.165) is 18.7 Å². The van der Waals surface area contributed by atoms with E-state index >= 15 is 0 Å². The van der Waals surface area contributed by atoms with Crippen LogP contribution in [-0.4, -0.2) is 60.3 Å². The van der Waals surface area contributed by atoms with E-state index in [-0.39, 0.29) is 5.60 Å². The lowest BCUT2D eigenvalue weighted by Crippen LogP contribution is -2.48. The van der Waals surface area contributed by atoms with Gasteiger partial charge in [-0.1, -0.05) is 0 Å². The van der Waals surface area contributed by atoms with Gasteiger partial charge in [-0.25, -0.2) is 0 Å². The number of fused-ring (bicyclic) bond motifs is 1. The van der Waals surface area contributed by atoms with Gasteiger partial charge in [0.25, 0.3) is 0 Å². The Morgan fingerprint density at radius 2 is 1.72 bits per heavy atom. The lowest BCUT2D eigenvalue weighted by atomic mass is 9.92. The van der Waals surface area contributed by atoms with E-state index in [0.29, 0.717) is 0 Å². The Balaban J connectivity index is 1.64. The van der Waals surface area contributed by atoms with E-state index in [1.54, 1.807) is 0 Å². The summed E-state index contributed by atoms with van der Waals surface area (Å²) in [6, 6.07) is 1.60. The fourth-order valence-corrected chi connectivity index (χ4v) is 4.08. The van der Waals surface area contributed by atoms with Crippen molar-refractivity contribution in [3.8, 4) is 0 Å². The first kappa shape index (κ1) is 12.9. The van der Waals surface area contributed by atoms with Gasteiger partial charge < -0.3 is 4.74 Å². The number of hydrogen-bond acceptors (Lipinski definition) is 3. The lowest BCUT2D eigenvalue weighted by Gasteiger charge is -2.41. The second kappa shape index (κ2) is 5.10. The first-order valence-corrected chi connectivity index (χ1v) is 7.76. The average Bonchev–Trinajstić information content (AvgIpc) is 2.65. The summed E-state index contributed by atoms with van der Waals surface area (Å²) in [4.78, 5) is 5.50. The largest absolute Gasteiger partial charge is 0.375 e. The molecule has 2 unspecified atom stereocenters. The zero-order valence-electron chi connectivity index (χ0n) is 12.0. The molecule has 0 aliphatic carbocycles. The highest BCUT2D eigenvalue weighted by atomic mass is 16.5. The van der Waals surface area contributed by atoms with Gasteiger partial charge in [0, 0.05) is 25.2 Å². The van der Waals surface area contributed by atoms with E-state index in [4.69, 9.17) is 4.74 Å². The zero-order chi connectivity index (χ0) is 12.6. The molecule has 0 bridgehead atoms. The summed E-state index contributed by atoms with van der Waals surface area (Å²) in [7, 11) is 0. The Kier molecular flexibility index (Phi) is 3.65. The van der Waals surface area contributed by atoms with Crippen LogP contribution in [0.5, 0.6) is 0 Å². The first-order valence-electron chi connectivity index (χ1n) is 7.76. The smallest absolute Gasteiger partial charge is 0.0641 e. The van der Waals surface area contributed by atoms with Crippen molar-refractivity contribution in [2.75, 3.05) is 32.8 Å². The molecule has 0 saturated carbocycles. The lowest BCUT2D eigenvalue weighted by molar-refractivity contribution is -0.0836. The predicted molar refractivity (Wildman–Crippen MR) is 73.8 cm³/mol. The van der Waals surface area contributed by atoms with Gasteiger partial charge in [-0.05, 0) is 65.6 Å². The molecule has 3 nitrogen and oxygen atoms in total. The molecule has 3 heterocycles. The molecule has 18 heavy (non-hydrogen) atoms. The van der Waals surface area contributed by atoms with Gasteiger partial charge in [0.1, 0.15) is 0 Å². The molecule has 3 aliphatic heterocycles. The topological polar surface area (TPSA) is 15.7 Å². The molecule has 0 spiro atoms. The minimum atomic E-state index is 0.0879. The molecule has 2 atom stereocenters. The number of rotatable bonds is 1. The summed E-state index contributed by atoms with van der Waals surface area (Å²) >= 11 is 0. The monoisotopic (exact) mass is 252 g/mol. The maximum Gasteiger partial charge on any atom is 0.0641 e. The van der Waals surface area contributed by atoms with Crippen LogP contribution in [0, 0.1) is 0 Å². The maximum absolute atomic E-state index is 5.87. The molecule has 3 saturated heterocycles. The molecule has 104 valence electrons. The van der Waals surface area contributed by atoms with E-state index in [1.807, 2.05) is 0 Å². The van der Waals surface area contributed by atoms with Crippen molar-refractivity contribution in [3.63, 3.8) is 0 Å². The molecular weight excluding hydrogens is 224 g/mol. The summed E-state index contributed by atoms with van der Waals surface area (Å²) in [6.45, 7) is 10.7. The molecule has 0 radical (unpaired) electrons. The molecular formula is C15H28N2O. The van der Waals surface area contributed by atoms with Crippen molar-refractivity contribution in [2.24, 2.45) is 0 Å². The molecule has 0 aromatic heterocycles. The van der Waals surface area contributed by atoms with Gasteiger partial charge in [-0.2, -0.15) is 0 Å². The van der Waals surface area contributed by atoms with Crippen molar-refractivity contribution in [1.82, 2.24) is 9.80 Å². The maximum atomic E-state index is 5.87. The quantitative estimate of drug-likeness (QED) is 0.711. The Bertz CT molecular complexity index is 292. The third-order valence-corrected chi connectivity index (χ3v) is 5.02. The zero-order valence-corrected chi connectivity index (χ0v) is 12.0. The summed E-state index contributed by atoms with van der Waals surface area (Å²) in [6.07, 6.45) is 6.63. The van der Waals surface area contributed by atoms with Gasteiger partial charge in [-0.15, -0.1) is 0 Å². The van der Waals surface area contributed by atoms with E-state index in [2.05, 4.69) is 23.6 Å². The third kappa shape index (κ3) is 2.73. The fourth-order valence-electron chi connectivity index (χ4n) is 4.08. The Morgan fingerprint density at radius 1 is 0.944 bits per heavy atom. The van der Waals surface area contributed by atoms with Crippen LogP contribution in [0.2, 0.25) is 0 Å². The van der Waals surface area contributed by atoms with Crippen LogP contribution in [0.15, 0.2) is 0 Å². The molecule has 3 aliphatic rings. The highest BCUT2D eigenvalue weighted by Crippen LogP contribution is 2.30. The van der Waals surface area contributed by atoms with Crippen LogP contribution in [-0.2, 0) is 4.74 Å². The average molecular weight is 252 g/mol. The predicted octanol–water partition coefficient (Wildman–Crippen LogP) is 2.11. The van der Waals surface area contributed by atoms with Crippen LogP contribution in [0.1, 0.15) is 46.0 Å². The second-order valence-corrected chi connectivity index (χ2v) is 6.94. The van der Waals surface area contributed by atoms with Crippen LogP contribution < -0.4 is 0 Å². The van der Waals surface area contributed by atoms with Crippen LogP contribution in [0.4, 0.5) is 0 Å². The minimum Gasteiger partial charge on any atom is -0.375 e. The molecule has 3 heteroatoms. The molecule has 0 aromatic carbocycles. The van der Waals surface area contributed by atoms with Crippen molar-refractivity contribution >= 4 is 0 Å². The molecule has 0 amide bonds. The van der Waals surface area contributed by atoms with Gasteiger partial charge in [0.15, 0.2) is 0 Å². The van der Waals surface area contributed by atoms with Crippen LogP contribution in [0.25, 0.3) is 0 Å². The summed E-state index contributed by atoms with van der Waals surface area (Å²) in [5, 5.41) is 0. The van der Waals surface area contributed by atoms with Crippen molar-refractivity contribution in [1.29, 1.82) is 0 Å². The van der Waals surface area contributed by atoms with Gasteiger partial charge in [-0.3, -0.25) is 9.80 Å².